The van der Waals surface area contributed by atoms with Crippen LogP contribution in [0.25, 0.3) is 52.9 Å². The smallest absolute Gasteiger partial charge is 0.139 e. The zero-order chi connectivity index (χ0) is 30.1. The number of nitrogens with zero attached hydrogens (tertiary/aromatic N) is 1. The minimum Gasteiger partial charge on any atom is -0.497 e. The second kappa shape index (κ2) is 9.64. The summed E-state index contributed by atoms with van der Waals surface area (Å²) in [6.07, 6.45) is 0. The highest BCUT2D eigenvalue weighted by Gasteiger charge is 2.23. The van der Waals surface area contributed by atoms with Gasteiger partial charge in [-0.15, -0.1) is 11.3 Å². The summed E-state index contributed by atoms with van der Waals surface area (Å²) in [5.74, 6) is 0.876. The van der Waals surface area contributed by atoms with Gasteiger partial charge in [-0.3, -0.25) is 0 Å². The van der Waals surface area contributed by atoms with Gasteiger partial charge in [0, 0.05) is 48.4 Å². The van der Waals surface area contributed by atoms with Crippen LogP contribution in [0.1, 0.15) is 28.1 Å². The van der Waals surface area contributed by atoms with E-state index in [1.54, 1.807) is 7.11 Å². The van der Waals surface area contributed by atoms with E-state index >= 15 is 0 Å². The van der Waals surface area contributed by atoms with Gasteiger partial charge in [-0.25, -0.2) is 0 Å². The van der Waals surface area contributed by atoms with E-state index in [4.69, 9.17) is 10.5 Å². The molecule has 0 saturated heterocycles. The van der Waals surface area contributed by atoms with Gasteiger partial charge in [0.25, 0.3) is 0 Å². The average Bonchev–Trinajstić information content (AvgIpc) is 3.62. The highest BCUT2D eigenvalue weighted by Crippen LogP contribution is 2.48. The van der Waals surface area contributed by atoms with E-state index < -0.39 is 0 Å². The molecule has 2 heterocycles. The molecule has 0 aliphatic rings. The van der Waals surface area contributed by atoms with Crippen LogP contribution in [0.15, 0.2) is 120 Å². The summed E-state index contributed by atoms with van der Waals surface area (Å²) in [6.45, 7) is 4.47. The molecule has 0 amide bonds. The highest BCUT2D eigenvalue weighted by molar-refractivity contribution is 7.25. The number of fused-ring (bicyclic) bond motifs is 7. The summed E-state index contributed by atoms with van der Waals surface area (Å²) in [7, 11) is 1.56. The lowest BCUT2D eigenvalue weighted by atomic mass is 9.99. The molecule has 3 nitrogen and oxygen atoms in total. The number of benzene rings is 6. The van der Waals surface area contributed by atoms with Crippen LogP contribution in [-0.4, -0.2) is 7.11 Å². The van der Waals surface area contributed by atoms with Crippen LogP contribution in [-0.2, 0) is 0 Å². The van der Waals surface area contributed by atoms with Crippen molar-refractivity contribution >= 4 is 81.3 Å². The molecule has 8 rings (SSSR count). The molecule has 0 aliphatic heterocycles. The van der Waals surface area contributed by atoms with Crippen LogP contribution in [0, 0.1) is 0 Å². The second-order valence-corrected chi connectivity index (χ2v) is 12.0. The number of anilines is 3. The van der Waals surface area contributed by atoms with Gasteiger partial charge in [-0.05, 0) is 77.5 Å². The van der Waals surface area contributed by atoms with Crippen molar-refractivity contribution in [3.63, 3.8) is 0 Å². The van der Waals surface area contributed by atoms with E-state index in [0.29, 0.717) is 28.9 Å². The lowest BCUT2D eigenvalue weighted by Gasteiger charge is -2.28. The number of methoxy groups -OCH3 is 1. The number of hydrogen-bond acceptors (Lipinski definition) is 4. The molecule has 0 unspecified atom stereocenters. The molecule has 42 heavy (non-hydrogen) atoms. The van der Waals surface area contributed by atoms with Crippen LogP contribution in [0.3, 0.4) is 0 Å². The van der Waals surface area contributed by atoms with E-state index in [1.165, 1.54) is 25.7 Å². The fourth-order valence-electron chi connectivity index (χ4n) is 6.00. The van der Waals surface area contributed by atoms with Gasteiger partial charge in [0.05, 0.1) is 20.9 Å². The normalized spacial score (nSPS) is 12.6. The molecule has 0 radical (unpaired) electrons. The molecule has 0 saturated carbocycles. The monoisotopic (exact) mass is 565 g/mol. The van der Waals surface area contributed by atoms with E-state index in [1.807, 2.05) is 59.9 Å². The molecule has 0 N–H and O–H groups in total. The Bertz CT molecular complexity index is 2390. The molecule has 0 aliphatic carbocycles. The van der Waals surface area contributed by atoms with Crippen LogP contribution in [0.2, 0.25) is 0 Å². The Morgan fingerprint density at radius 3 is 2.29 bits per heavy atom. The SMILES string of the molecule is [2H]c1c(OC)ccc2c1oc1c([2H])c3ccccc3c(N(c3ccccc3)c3ccc4sc5ccc(C(C)C)cc5c4c3)c12. The lowest BCUT2D eigenvalue weighted by molar-refractivity contribution is 0.414. The van der Waals surface area contributed by atoms with Crippen LogP contribution in [0.4, 0.5) is 17.1 Å². The van der Waals surface area contributed by atoms with Crippen LogP contribution >= 0.6 is 11.3 Å². The molecule has 2 aromatic heterocycles. The van der Waals surface area contributed by atoms with E-state index in [2.05, 4.69) is 73.3 Å². The molecule has 4 heteroatoms. The summed E-state index contributed by atoms with van der Waals surface area (Å²) < 4.78 is 32.4. The summed E-state index contributed by atoms with van der Waals surface area (Å²) >= 11 is 1.82. The minimum atomic E-state index is 0.175. The van der Waals surface area contributed by atoms with Crippen LogP contribution in [0.5, 0.6) is 5.75 Å². The predicted octanol–water partition coefficient (Wildman–Crippen LogP) is 11.7. The zero-order valence-electron chi connectivity index (χ0n) is 25.6. The maximum absolute atomic E-state index is 9.21. The summed E-state index contributed by atoms with van der Waals surface area (Å²) in [6, 6.07) is 36.1. The highest BCUT2D eigenvalue weighted by atomic mass is 32.1. The van der Waals surface area contributed by atoms with Gasteiger partial charge in [0.1, 0.15) is 16.9 Å². The molecule has 0 fully saturated rings. The fraction of sp³-hybridized carbons (Fsp3) is 0.105. The molecule has 204 valence electrons. The van der Waals surface area contributed by atoms with Gasteiger partial charge < -0.3 is 14.1 Å². The third-order valence-corrected chi connectivity index (χ3v) is 9.26. The summed E-state index contributed by atoms with van der Waals surface area (Å²) in [5.41, 5.74) is 5.12. The zero-order valence-corrected chi connectivity index (χ0v) is 24.4. The Hall–Kier alpha value is -4.80. The third-order valence-electron chi connectivity index (χ3n) is 8.11. The first kappa shape index (κ1) is 22.8. The number of thiophene rings is 1. The Kier molecular flexibility index (Phi) is 5.24. The van der Waals surface area contributed by atoms with Gasteiger partial charge in [0.15, 0.2) is 0 Å². The Balaban J connectivity index is 1.51. The maximum Gasteiger partial charge on any atom is 0.139 e. The Labute approximate surface area is 251 Å². The Morgan fingerprint density at radius 2 is 1.48 bits per heavy atom. The fourth-order valence-corrected chi connectivity index (χ4v) is 7.07. The molecule has 0 spiro atoms. The van der Waals surface area contributed by atoms with Crippen molar-refractivity contribution < 1.29 is 11.9 Å². The van der Waals surface area contributed by atoms with Crippen molar-refractivity contribution in [2.24, 2.45) is 0 Å². The lowest BCUT2D eigenvalue weighted by Crippen LogP contribution is -2.10. The topological polar surface area (TPSA) is 25.6 Å². The first-order valence-electron chi connectivity index (χ1n) is 15.2. The van der Waals surface area contributed by atoms with Crippen molar-refractivity contribution in [2.75, 3.05) is 12.0 Å². The molecule has 0 atom stereocenters. The predicted molar refractivity (Wildman–Crippen MR) is 179 cm³/mol. The molecule has 0 bridgehead atoms. The van der Waals surface area contributed by atoms with Crippen LogP contribution < -0.4 is 9.64 Å². The molecule has 6 aromatic carbocycles. The van der Waals surface area contributed by atoms with Gasteiger partial charge in [0.2, 0.25) is 0 Å². The quantitative estimate of drug-likeness (QED) is 0.208. The number of furan rings is 1. The van der Waals surface area contributed by atoms with E-state index in [9.17, 15) is 1.37 Å². The van der Waals surface area contributed by atoms with Gasteiger partial charge in [-0.1, -0.05) is 62.4 Å². The third kappa shape index (κ3) is 3.87. The Morgan fingerprint density at radius 1 is 0.714 bits per heavy atom. The van der Waals surface area contributed by atoms with E-state index in [-0.39, 0.29) is 6.04 Å². The van der Waals surface area contributed by atoms with Crippen molar-refractivity contribution in [3.05, 3.63) is 121 Å². The summed E-state index contributed by atoms with van der Waals surface area (Å²) in [4.78, 5) is 2.28. The van der Waals surface area contributed by atoms with Crippen molar-refractivity contribution in [2.45, 2.75) is 19.8 Å². The molecular weight excluding hydrogens is 534 g/mol. The van der Waals surface area contributed by atoms with Gasteiger partial charge in [-0.2, -0.15) is 0 Å². The first-order valence-corrected chi connectivity index (χ1v) is 15.0. The van der Waals surface area contributed by atoms with E-state index in [0.717, 1.165) is 38.6 Å². The number of rotatable bonds is 5. The van der Waals surface area contributed by atoms with Crippen molar-refractivity contribution in [1.29, 1.82) is 0 Å². The average molecular weight is 566 g/mol. The second-order valence-electron chi connectivity index (χ2n) is 11.0. The standard InChI is InChI=1S/C38H29NO2S/c1-23(2)24-13-17-35-31(19-24)32-21-27(14-18-36(32)42-35)39(26-10-5-4-6-11-26)38-29-12-8-7-9-25(29)20-34-37(38)30-16-15-28(40-3)22-33(30)41-34/h4-23H,1-3H3/i20D,22D. The number of ether oxygens (including phenoxy) is 1. The van der Waals surface area contributed by atoms with Crippen molar-refractivity contribution in [3.8, 4) is 5.75 Å². The van der Waals surface area contributed by atoms with Crippen molar-refractivity contribution in [1.82, 2.24) is 0 Å². The number of para-hydroxylation sites is 1. The maximum atomic E-state index is 9.21. The molecule has 8 aromatic rings. The number of hydrogen-bond donors (Lipinski definition) is 0. The van der Waals surface area contributed by atoms with Gasteiger partial charge >= 0.3 is 0 Å². The summed E-state index contributed by atoms with van der Waals surface area (Å²) in [5, 5.41) is 5.81. The first-order chi connectivity index (χ1) is 21.4. The largest absolute Gasteiger partial charge is 0.497 e. The molecular formula is C38H29NO2S. The minimum absolute atomic E-state index is 0.175.